The maximum absolute atomic E-state index is 5.46. The third-order valence-corrected chi connectivity index (χ3v) is 2.11. The van der Waals surface area contributed by atoms with Gasteiger partial charge in [0, 0.05) is 0 Å². The summed E-state index contributed by atoms with van der Waals surface area (Å²) in [5, 5.41) is 0. The summed E-state index contributed by atoms with van der Waals surface area (Å²) in [7, 11) is 0. The summed E-state index contributed by atoms with van der Waals surface area (Å²) in [4.78, 5) is 0. The van der Waals surface area contributed by atoms with Crippen LogP contribution in [0.1, 0.15) is 18.6 Å². The van der Waals surface area contributed by atoms with Crippen LogP contribution in [-0.2, 0) is 4.74 Å². The van der Waals surface area contributed by atoms with Crippen molar-refractivity contribution in [2.75, 3.05) is 0 Å². The molecule has 0 radical (unpaired) electrons. The first-order valence-electron chi connectivity index (χ1n) is 4.15. The first kappa shape index (κ1) is 7.56. The van der Waals surface area contributed by atoms with Gasteiger partial charge in [-0.3, -0.25) is 0 Å². The van der Waals surface area contributed by atoms with Crippen LogP contribution in [0.4, 0.5) is 0 Å². The summed E-state index contributed by atoms with van der Waals surface area (Å²) in [5.41, 5.74) is 2.37. The molecule has 1 saturated heterocycles. The van der Waals surface area contributed by atoms with E-state index >= 15 is 0 Å². The fraction of sp³-hybridized carbons (Fsp3) is 0.273. The monoisotopic (exact) mass is 160 g/mol. The minimum Gasteiger partial charge on any atom is -0.360 e. The molecule has 0 N–H and O–H groups in total. The molecule has 1 aromatic carbocycles. The molecule has 2 atom stereocenters. The van der Waals surface area contributed by atoms with Gasteiger partial charge in [0.2, 0.25) is 0 Å². The third-order valence-electron chi connectivity index (χ3n) is 2.11. The number of hydrogen-bond acceptors (Lipinski definition) is 1. The van der Waals surface area contributed by atoms with Crippen molar-refractivity contribution in [2.24, 2.45) is 0 Å². The summed E-state index contributed by atoms with van der Waals surface area (Å²) in [5.74, 6) is 0. The highest BCUT2D eigenvalue weighted by Gasteiger charge is 2.40. The summed E-state index contributed by atoms with van der Waals surface area (Å²) in [6.07, 6.45) is 0.524. The van der Waals surface area contributed by atoms with Crippen LogP contribution in [0.15, 0.2) is 42.5 Å². The van der Waals surface area contributed by atoms with Crippen molar-refractivity contribution < 1.29 is 4.74 Å². The van der Waals surface area contributed by atoms with Gasteiger partial charge in [-0.25, -0.2) is 0 Å². The van der Waals surface area contributed by atoms with E-state index in [9.17, 15) is 0 Å². The predicted octanol–water partition coefficient (Wildman–Crippen LogP) is 2.70. The maximum Gasteiger partial charge on any atom is 0.113 e. The fourth-order valence-electron chi connectivity index (χ4n) is 1.38. The summed E-state index contributed by atoms with van der Waals surface area (Å²) >= 11 is 0. The molecule has 1 aliphatic heterocycles. The molecule has 1 aromatic rings. The zero-order chi connectivity index (χ0) is 8.55. The van der Waals surface area contributed by atoms with Crippen LogP contribution >= 0.6 is 0 Å². The van der Waals surface area contributed by atoms with Gasteiger partial charge < -0.3 is 4.74 Å². The van der Waals surface area contributed by atoms with E-state index in [0.717, 1.165) is 5.57 Å². The lowest BCUT2D eigenvalue weighted by Crippen LogP contribution is -1.88. The molecule has 0 aromatic heterocycles. The molecule has 0 amide bonds. The van der Waals surface area contributed by atoms with Gasteiger partial charge in [0.05, 0.1) is 0 Å². The van der Waals surface area contributed by atoms with Crippen molar-refractivity contribution in [1.82, 2.24) is 0 Å². The minimum absolute atomic E-state index is 0.257. The Morgan fingerprint density at radius 1 is 1.33 bits per heavy atom. The number of epoxide rings is 1. The van der Waals surface area contributed by atoms with E-state index in [1.165, 1.54) is 5.56 Å². The molecule has 0 aliphatic carbocycles. The van der Waals surface area contributed by atoms with E-state index in [0.29, 0.717) is 0 Å². The average molecular weight is 160 g/mol. The molecule has 1 fully saturated rings. The molecule has 12 heavy (non-hydrogen) atoms. The van der Waals surface area contributed by atoms with Crippen molar-refractivity contribution in [3.8, 4) is 0 Å². The van der Waals surface area contributed by atoms with E-state index in [-0.39, 0.29) is 12.2 Å². The quantitative estimate of drug-likeness (QED) is 0.478. The highest BCUT2D eigenvalue weighted by molar-refractivity contribution is 5.26. The first-order chi connectivity index (χ1) is 5.79. The topological polar surface area (TPSA) is 12.5 Å². The Balaban J connectivity index is 2.11. The third kappa shape index (κ3) is 1.28. The van der Waals surface area contributed by atoms with Crippen molar-refractivity contribution in [3.05, 3.63) is 48.0 Å². The Kier molecular flexibility index (Phi) is 1.74. The van der Waals surface area contributed by atoms with Crippen LogP contribution < -0.4 is 0 Å². The first-order valence-corrected chi connectivity index (χ1v) is 4.15. The van der Waals surface area contributed by atoms with Crippen LogP contribution in [0.2, 0.25) is 0 Å². The molecule has 1 nitrogen and oxygen atoms in total. The Hall–Kier alpha value is -1.08. The average Bonchev–Trinajstić information content (AvgIpc) is 2.84. The Morgan fingerprint density at radius 3 is 2.50 bits per heavy atom. The second-order valence-electron chi connectivity index (χ2n) is 3.23. The van der Waals surface area contributed by atoms with Crippen LogP contribution in [0.5, 0.6) is 0 Å². The summed E-state index contributed by atoms with van der Waals surface area (Å²) in [6.45, 7) is 5.88. The van der Waals surface area contributed by atoms with E-state index in [4.69, 9.17) is 4.74 Å². The van der Waals surface area contributed by atoms with Gasteiger partial charge in [0.1, 0.15) is 12.2 Å². The summed E-state index contributed by atoms with van der Waals surface area (Å²) < 4.78 is 5.46. The fourth-order valence-corrected chi connectivity index (χ4v) is 1.38. The number of rotatable bonds is 2. The standard InChI is InChI=1S/C11H12O/c1-8(2)10-11(12-10)9-6-4-3-5-7-9/h3-7,10-11H,1H2,2H3/t10-,11+/m0/s1. The molecule has 0 bridgehead atoms. The molecular formula is C11H12O. The summed E-state index contributed by atoms with van der Waals surface area (Å²) in [6, 6.07) is 10.3. The maximum atomic E-state index is 5.46. The van der Waals surface area contributed by atoms with Crippen LogP contribution in [0.25, 0.3) is 0 Å². The smallest absolute Gasteiger partial charge is 0.113 e. The lowest BCUT2D eigenvalue weighted by molar-refractivity contribution is 0.389. The second-order valence-corrected chi connectivity index (χ2v) is 3.23. The van der Waals surface area contributed by atoms with Crippen molar-refractivity contribution >= 4 is 0 Å². The molecule has 1 heteroatoms. The minimum atomic E-state index is 0.257. The van der Waals surface area contributed by atoms with Gasteiger partial charge in [0.25, 0.3) is 0 Å². The van der Waals surface area contributed by atoms with E-state index < -0.39 is 0 Å². The van der Waals surface area contributed by atoms with Crippen molar-refractivity contribution in [1.29, 1.82) is 0 Å². The molecule has 62 valence electrons. The van der Waals surface area contributed by atoms with Gasteiger partial charge in [-0.15, -0.1) is 0 Å². The van der Waals surface area contributed by atoms with Gasteiger partial charge in [-0.1, -0.05) is 36.9 Å². The van der Waals surface area contributed by atoms with E-state index in [2.05, 4.69) is 18.7 Å². The largest absolute Gasteiger partial charge is 0.360 e. The highest BCUT2D eigenvalue weighted by Crippen LogP contribution is 2.41. The highest BCUT2D eigenvalue weighted by atomic mass is 16.6. The Morgan fingerprint density at radius 2 is 2.00 bits per heavy atom. The number of benzene rings is 1. The van der Waals surface area contributed by atoms with Gasteiger partial charge in [-0.2, -0.15) is 0 Å². The molecular weight excluding hydrogens is 148 g/mol. The van der Waals surface area contributed by atoms with Crippen LogP contribution in [0.3, 0.4) is 0 Å². The molecule has 1 heterocycles. The number of ether oxygens (including phenoxy) is 1. The Labute approximate surface area is 72.7 Å². The van der Waals surface area contributed by atoms with Gasteiger partial charge in [-0.05, 0) is 18.1 Å². The van der Waals surface area contributed by atoms with Crippen LogP contribution in [0, 0.1) is 0 Å². The Bertz CT molecular complexity index is 289. The lowest BCUT2D eigenvalue weighted by atomic mass is 10.1. The zero-order valence-electron chi connectivity index (χ0n) is 7.16. The lowest BCUT2D eigenvalue weighted by Gasteiger charge is -1.93. The molecule has 0 saturated carbocycles. The van der Waals surface area contributed by atoms with Crippen LogP contribution in [-0.4, -0.2) is 6.10 Å². The van der Waals surface area contributed by atoms with E-state index in [1.54, 1.807) is 0 Å². The van der Waals surface area contributed by atoms with Crippen molar-refractivity contribution in [2.45, 2.75) is 19.1 Å². The number of hydrogen-bond donors (Lipinski definition) is 0. The predicted molar refractivity (Wildman–Crippen MR) is 48.9 cm³/mol. The molecule has 2 rings (SSSR count). The molecule has 1 aliphatic rings. The second kappa shape index (κ2) is 2.76. The van der Waals surface area contributed by atoms with Gasteiger partial charge in [0.15, 0.2) is 0 Å². The van der Waals surface area contributed by atoms with Crippen molar-refractivity contribution in [3.63, 3.8) is 0 Å². The zero-order valence-corrected chi connectivity index (χ0v) is 7.16. The molecule has 0 spiro atoms. The SMILES string of the molecule is C=C(C)[C@@H]1O[C@@H]1c1ccccc1. The van der Waals surface area contributed by atoms with Gasteiger partial charge >= 0.3 is 0 Å². The normalized spacial score (nSPS) is 26.8. The van der Waals surface area contributed by atoms with E-state index in [1.807, 2.05) is 25.1 Å². The molecule has 0 unspecified atom stereocenters.